The monoisotopic (exact) mass is 205 g/mol. The lowest BCUT2D eigenvalue weighted by molar-refractivity contribution is 0.881. The van der Waals surface area contributed by atoms with Gasteiger partial charge in [0, 0.05) is 0 Å². The number of aromatic nitrogens is 6. The summed E-state index contributed by atoms with van der Waals surface area (Å²) >= 11 is 0. The lowest BCUT2D eigenvalue weighted by Crippen LogP contribution is -2.05. The molecule has 15 heavy (non-hydrogen) atoms. The summed E-state index contributed by atoms with van der Waals surface area (Å²) in [5.41, 5.74) is 1.84. The van der Waals surface area contributed by atoms with Crippen molar-refractivity contribution in [3.05, 3.63) is 23.4 Å². The van der Waals surface area contributed by atoms with E-state index in [1.165, 1.54) is 0 Å². The third kappa shape index (κ3) is 2.25. The zero-order chi connectivity index (χ0) is 10.7. The molecule has 0 aliphatic rings. The molecule has 0 aliphatic heterocycles. The van der Waals surface area contributed by atoms with E-state index < -0.39 is 0 Å². The van der Waals surface area contributed by atoms with E-state index in [0.29, 0.717) is 18.2 Å². The molecule has 0 atom stereocenters. The number of rotatable bonds is 3. The first-order valence-electron chi connectivity index (χ1n) is 4.52. The van der Waals surface area contributed by atoms with Gasteiger partial charge in [0.15, 0.2) is 5.82 Å². The minimum absolute atomic E-state index is 0.480. The molecule has 2 heterocycles. The molecule has 7 nitrogen and oxygen atoms in total. The van der Waals surface area contributed by atoms with Crippen molar-refractivity contribution < 1.29 is 0 Å². The number of aryl methyl sites for hydroxylation is 2. The maximum Gasteiger partial charge on any atom is 0.193 e. The largest absolute Gasteiger partial charge is 0.361 e. The Hall–Kier alpha value is -2.05. The lowest BCUT2D eigenvalue weighted by atomic mass is 10.3. The lowest BCUT2D eigenvalue weighted by Gasteiger charge is -2.04. The highest BCUT2D eigenvalue weighted by Gasteiger charge is 2.01. The van der Waals surface area contributed by atoms with Crippen LogP contribution in [-0.2, 0) is 6.54 Å². The molecule has 0 saturated heterocycles. The molecule has 0 fully saturated rings. The van der Waals surface area contributed by atoms with Gasteiger partial charge in [-0.25, -0.2) is 4.98 Å². The standard InChI is InChI=1S/C8H11N7/c1-5-6(2)11-7(3-9-5)10-4-8-12-14-15-13-8/h3H,4H2,1-2H3,(H,10,11)(H,12,13,14,15). The minimum atomic E-state index is 0.480. The second-order valence-corrected chi connectivity index (χ2v) is 3.11. The highest BCUT2D eigenvalue weighted by Crippen LogP contribution is 2.05. The second-order valence-electron chi connectivity index (χ2n) is 3.11. The topological polar surface area (TPSA) is 92.3 Å². The number of anilines is 1. The van der Waals surface area contributed by atoms with Crippen molar-refractivity contribution in [2.45, 2.75) is 20.4 Å². The van der Waals surface area contributed by atoms with Crippen LogP contribution in [0.4, 0.5) is 5.82 Å². The summed E-state index contributed by atoms with van der Waals surface area (Å²) in [6, 6.07) is 0. The molecule has 0 saturated carbocycles. The van der Waals surface area contributed by atoms with Crippen LogP contribution >= 0.6 is 0 Å². The SMILES string of the molecule is Cc1ncc(NCc2nn[nH]n2)nc1C. The Labute approximate surface area is 86.3 Å². The molecule has 0 aromatic carbocycles. The van der Waals surface area contributed by atoms with Crippen molar-refractivity contribution in [1.29, 1.82) is 0 Å². The van der Waals surface area contributed by atoms with Crippen LogP contribution in [0.3, 0.4) is 0 Å². The van der Waals surface area contributed by atoms with Crippen LogP contribution in [0.2, 0.25) is 0 Å². The highest BCUT2D eigenvalue weighted by molar-refractivity contribution is 5.33. The third-order valence-corrected chi connectivity index (χ3v) is 2.01. The van der Waals surface area contributed by atoms with E-state index in [1.54, 1.807) is 6.20 Å². The first-order valence-corrected chi connectivity index (χ1v) is 4.52. The molecular weight excluding hydrogens is 194 g/mol. The fourth-order valence-corrected chi connectivity index (χ4v) is 1.05. The zero-order valence-electron chi connectivity index (χ0n) is 8.52. The summed E-state index contributed by atoms with van der Waals surface area (Å²) < 4.78 is 0. The van der Waals surface area contributed by atoms with Crippen LogP contribution in [0, 0.1) is 13.8 Å². The number of aromatic amines is 1. The van der Waals surface area contributed by atoms with Crippen LogP contribution in [-0.4, -0.2) is 30.6 Å². The molecule has 2 N–H and O–H groups in total. The fraction of sp³-hybridized carbons (Fsp3) is 0.375. The van der Waals surface area contributed by atoms with Crippen molar-refractivity contribution in [3.63, 3.8) is 0 Å². The molecule has 78 valence electrons. The Morgan fingerprint density at radius 3 is 2.87 bits per heavy atom. The number of nitrogens with zero attached hydrogens (tertiary/aromatic N) is 5. The Morgan fingerprint density at radius 1 is 1.33 bits per heavy atom. The average Bonchev–Trinajstić information content (AvgIpc) is 2.73. The summed E-state index contributed by atoms with van der Waals surface area (Å²) in [5.74, 6) is 1.30. The predicted molar refractivity (Wildman–Crippen MR) is 53.0 cm³/mol. The molecule has 0 unspecified atom stereocenters. The van der Waals surface area contributed by atoms with Gasteiger partial charge in [0.2, 0.25) is 0 Å². The zero-order valence-corrected chi connectivity index (χ0v) is 8.52. The van der Waals surface area contributed by atoms with Crippen LogP contribution in [0.5, 0.6) is 0 Å². The highest BCUT2D eigenvalue weighted by atomic mass is 15.5. The number of nitrogens with one attached hydrogen (secondary N) is 2. The Morgan fingerprint density at radius 2 is 2.20 bits per heavy atom. The molecule has 2 aromatic heterocycles. The molecule has 0 bridgehead atoms. The van der Waals surface area contributed by atoms with E-state index in [-0.39, 0.29) is 0 Å². The number of tetrazole rings is 1. The normalized spacial score (nSPS) is 10.3. The maximum absolute atomic E-state index is 4.31. The van der Waals surface area contributed by atoms with Crippen molar-refractivity contribution in [2.24, 2.45) is 0 Å². The van der Waals surface area contributed by atoms with Crippen molar-refractivity contribution in [2.75, 3.05) is 5.32 Å². The first-order chi connectivity index (χ1) is 7.25. The van der Waals surface area contributed by atoms with Gasteiger partial charge < -0.3 is 5.32 Å². The third-order valence-electron chi connectivity index (χ3n) is 2.01. The Kier molecular flexibility index (Phi) is 2.53. The molecule has 2 aromatic rings. The molecule has 0 amide bonds. The fourth-order valence-electron chi connectivity index (χ4n) is 1.05. The van der Waals surface area contributed by atoms with Gasteiger partial charge in [0.05, 0.1) is 24.1 Å². The maximum atomic E-state index is 4.31. The van der Waals surface area contributed by atoms with Crippen LogP contribution in [0.1, 0.15) is 17.2 Å². The second kappa shape index (κ2) is 3.99. The molecule has 7 heteroatoms. The van der Waals surface area contributed by atoms with Gasteiger partial charge in [-0.2, -0.15) is 5.21 Å². The van der Waals surface area contributed by atoms with Gasteiger partial charge in [-0.1, -0.05) is 5.21 Å². The van der Waals surface area contributed by atoms with Gasteiger partial charge in [-0.3, -0.25) is 4.98 Å². The van der Waals surface area contributed by atoms with Crippen LogP contribution in [0.25, 0.3) is 0 Å². The average molecular weight is 205 g/mol. The van der Waals surface area contributed by atoms with Gasteiger partial charge in [0.25, 0.3) is 0 Å². The Bertz CT molecular complexity index is 436. The molecular formula is C8H11N7. The van der Waals surface area contributed by atoms with Gasteiger partial charge in [-0.05, 0) is 13.8 Å². The summed E-state index contributed by atoms with van der Waals surface area (Å²) in [7, 11) is 0. The van der Waals surface area contributed by atoms with E-state index in [4.69, 9.17) is 0 Å². The number of H-pyrrole nitrogens is 1. The van der Waals surface area contributed by atoms with Crippen molar-refractivity contribution >= 4 is 5.82 Å². The number of hydrogen-bond acceptors (Lipinski definition) is 6. The van der Waals surface area contributed by atoms with E-state index in [2.05, 4.69) is 35.9 Å². The minimum Gasteiger partial charge on any atom is -0.361 e. The smallest absolute Gasteiger partial charge is 0.193 e. The molecule has 0 spiro atoms. The van der Waals surface area contributed by atoms with Crippen LogP contribution < -0.4 is 5.32 Å². The summed E-state index contributed by atoms with van der Waals surface area (Å²) in [6.07, 6.45) is 1.68. The summed E-state index contributed by atoms with van der Waals surface area (Å²) in [4.78, 5) is 8.50. The van der Waals surface area contributed by atoms with Crippen LogP contribution in [0.15, 0.2) is 6.20 Å². The number of hydrogen-bond donors (Lipinski definition) is 2. The summed E-state index contributed by atoms with van der Waals surface area (Å²) in [5, 5.41) is 16.5. The van der Waals surface area contributed by atoms with Crippen molar-refractivity contribution in [1.82, 2.24) is 30.6 Å². The van der Waals surface area contributed by atoms with E-state index in [0.717, 1.165) is 11.4 Å². The van der Waals surface area contributed by atoms with E-state index in [9.17, 15) is 0 Å². The first kappa shape index (κ1) is 9.50. The molecule has 0 aliphatic carbocycles. The summed E-state index contributed by atoms with van der Waals surface area (Å²) in [6.45, 7) is 4.32. The Balaban J connectivity index is 2.02. The van der Waals surface area contributed by atoms with Gasteiger partial charge >= 0.3 is 0 Å². The quantitative estimate of drug-likeness (QED) is 0.744. The predicted octanol–water partition coefficient (Wildman–Crippen LogP) is 0.219. The van der Waals surface area contributed by atoms with Crippen molar-refractivity contribution in [3.8, 4) is 0 Å². The van der Waals surface area contributed by atoms with Gasteiger partial charge in [0.1, 0.15) is 5.82 Å². The molecule has 0 radical (unpaired) electrons. The molecule has 2 rings (SSSR count). The van der Waals surface area contributed by atoms with E-state index >= 15 is 0 Å². The van der Waals surface area contributed by atoms with Gasteiger partial charge in [-0.15, -0.1) is 10.2 Å². The van der Waals surface area contributed by atoms with E-state index in [1.807, 2.05) is 13.8 Å².